The Bertz CT molecular complexity index is 414. The van der Waals surface area contributed by atoms with Crippen LogP contribution in [0.25, 0.3) is 0 Å². The fourth-order valence-electron chi connectivity index (χ4n) is 2.37. The topological polar surface area (TPSA) is 26.3 Å². The first-order valence-corrected chi connectivity index (χ1v) is 5.49. The summed E-state index contributed by atoms with van der Waals surface area (Å²) in [5.41, 5.74) is 0.900. The Labute approximate surface area is 94.4 Å². The molecule has 2 unspecified atom stereocenters. The van der Waals surface area contributed by atoms with Gasteiger partial charge in [-0.3, -0.25) is 4.79 Å². The Balaban J connectivity index is 2.28. The minimum Gasteiger partial charge on any atom is -0.494 e. The number of halogens is 1. The summed E-state index contributed by atoms with van der Waals surface area (Å²) in [6.45, 7) is 1.92. The molecule has 0 heterocycles. The second kappa shape index (κ2) is 4.24. The maximum atomic E-state index is 13.5. The third-order valence-electron chi connectivity index (χ3n) is 3.42. The summed E-state index contributed by atoms with van der Waals surface area (Å²) in [5, 5.41) is 0. The molecule has 1 saturated carbocycles. The molecule has 2 atom stereocenters. The number of carbonyl (C=O) groups excluding carboxylic acids is 1. The summed E-state index contributed by atoms with van der Waals surface area (Å²) in [6.07, 6.45) is 1.44. The van der Waals surface area contributed by atoms with E-state index < -0.39 is 0 Å². The molecule has 0 spiro atoms. The molecule has 3 heteroatoms. The van der Waals surface area contributed by atoms with Crippen LogP contribution in [0.15, 0.2) is 18.2 Å². The lowest BCUT2D eigenvalue weighted by atomic mass is 9.90. The predicted octanol–water partition coefficient (Wildman–Crippen LogP) is 2.92. The highest BCUT2D eigenvalue weighted by Crippen LogP contribution is 2.38. The molecule has 0 bridgehead atoms. The molecular formula is C13H15FO2. The number of methoxy groups -OCH3 is 1. The molecule has 1 aliphatic rings. The molecule has 2 rings (SSSR count). The van der Waals surface area contributed by atoms with Gasteiger partial charge in [-0.2, -0.15) is 0 Å². The van der Waals surface area contributed by atoms with Crippen molar-refractivity contribution in [2.24, 2.45) is 5.92 Å². The fourth-order valence-corrected chi connectivity index (χ4v) is 2.37. The average Bonchev–Trinajstić information content (AvgIpc) is 2.60. The van der Waals surface area contributed by atoms with Gasteiger partial charge in [0.25, 0.3) is 0 Å². The molecule has 1 fully saturated rings. The van der Waals surface area contributed by atoms with Gasteiger partial charge >= 0.3 is 0 Å². The minimum absolute atomic E-state index is 0.00722. The smallest absolute Gasteiger partial charge is 0.165 e. The average molecular weight is 222 g/mol. The van der Waals surface area contributed by atoms with E-state index in [2.05, 4.69) is 0 Å². The molecule has 0 aliphatic heterocycles. The molecule has 1 aromatic rings. The van der Waals surface area contributed by atoms with E-state index in [1.807, 2.05) is 13.0 Å². The van der Waals surface area contributed by atoms with Gasteiger partial charge in [-0.15, -0.1) is 0 Å². The highest BCUT2D eigenvalue weighted by Gasteiger charge is 2.32. The Morgan fingerprint density at radius 2 is 2.19 bits per heavy atom. The first kappa shape index (κ1) is 11.1. The fraction of sp³-hybridized carbons (Fsp3) is 0.462. The van der Waals surface area contributed by atoms with Gasteiger partial charge in [0.2, 0.25) is 0 Å². The third kappa shape index (κ3) is 1.82. The van der Waals surface area contributed by atoms with Crippen LogP contribution in [0.4, 0.5) is 4.39 Å². The molecule has 0 saturated heterocycles. The quantitative estimate of drug-likeness (QED) is 0.769. The molecular weight excluding hydrogens is 207 g/mol. The molecule has 0 amide bonds. The highest BCUT2D eigenvalue weighted by molar-refractivity contribution is 5.84. The monoisotopic (exact) mass is 222 g/mol. The van der Waals surface area contributed by atoms with Crippen LogP contribution in [-0.2, 0) is 4.79 Å². The molecule has 0 aromatic heterocycles. The van der Waals surface area contributed by atoms with E-state index in [4.69, 9.17) is 4.74 Å². The largest absolute Gasteiger partial charge is 0.494 e. The number of hydrogen-bond acceptors (Lipinski definition) is 2. The van der Waals surface area contributed by atoms with Gasteiger partial charge in [0.05, 0.1) is 7.11 Å². The number of hydrogen-bond donors (Lipinski definition) is 0. The summed E-state index contributed by atoms with van der Waals surface area (Å²) in [7, 11) is 1.44. The highest BCUT2D eigenvalue weighted by atomic mass is 19.1. The zero-order valence-corrected chi connectivity index (χ0v) is 9.50. The molecule has 0 N–H and O–H groups in total. The van der Waals surface area contributed by atoms with Gasteiger partial charge in [0, 0.05) is 12.3 Å². The van der Waals surface area contributed by atoms with Gasteiger partial charge in [-0.1, -0.05) is 13.0 Å². The van der Waals surface area contributed by atoms with E-state index >= 15 is 0 Å². The summed E-state index contributed by atoms with van der Waals surface area (Å²) >= 11 is 0. The van der Waals surface area contributed by atoms with Gasteiger partial charge in [0.1, 0.15) is 5.78 Å². The van der Waals surface area contributed by atoms with Crippen molar-refractivity contribution in [3.63, 3.8) is 0 Å². The van der Waals surface area contributed by atoms with Crippen molar-refractivity contribution < 1.29 is 13.9 Å². The summed E-state index contributed by atoms with van der Waals surface area (Å²) in [5.74, 6) is 0.342. The van der Waals surface area contributed by atoms with Crippen molar-refractivity contribution >= 4 is 5.78 Å². The number of carbonyl (C=O) groups is 1. The second-order valence-corrected chi connectivity index (χ2v) is 4.29. The van der Waals surface area contributed by atoms with Crippen molar-refractivity contribution in [3.8, 4) is 5.75 Å². The van der Waals surface area contributed by atoms with Crippen molar-refractivity contribution in [2.75, 3.05) is 7.11 Å². The Hall–Kier alpha value is -1.38. The Morgan fingerprint density at radius 1 is 1.44 bits per heavy atom. The van der Waals surface area contributed by atoms with Gasteiger partial charge in [-0.05, 0) is 30.0 Å². The third-order valence-corrected chi connectivity index (χ3v) is 3.42. The van der Waals surface area contributed by atoms with E-state index in [1.165, 1.54) is 13.2 Å². The lowest BCUT2D eigenvalue weighted by Gasteiger charge is -2.15. The van der Waals surface area contributed by atoms with Gasteiger partial charge in [-0.25, -0.2) is 4.39 Å². The lowest BCUT2D eigenvalue weighted by Crippen LogP contribution is -2.09. The van der Waals surface area contributed by atoms with E-state index in [1.54, 1.807) is 6.07 Å². The molecule has 1 aliphatic carbocycles. The second-order valence-electron chi connectivity index (χ2n) is 4.29. The van der Waals surface area contributed by atoms with Gasteiger partial charge < -0.3 is 4.74 Å². The summed E-state index contributed by atoms with van der Waals surface area (Å²) < 4.78 is 18.4. The molecule has 86 valence electrons. The van der Waals surface area contributed by atoms with Crippen LogP contribution in [0.3, 0.4) is 0 Å². The van der Waals surface area contributed by atoms with E-state index in [9.17, 15) is 9.18 Å². The standard InChI is InChI=1S/C13H15FO2/c1-8-10(4-5-12(8)15)9-3-6-13(16-2)11(14)7-9/h3,6-8,10H,4-5H2,1-2H3. The number of ketones is 1. The van der Waals surface area contributed by atoms with Crippen LogP contribution < -0.4 is 4.74 Å². The minimum atomic E-state index is -0.355. The predicted molar refractivity (Wildman–Crippen MR) is 59.1 cm³/mol. The lowest BCUT2D eigenvalue weighted by molar-refractivity contribution is -0.120. The van der Waals surface area contributed by atoms with Crippen LogP contribution >= 0.6 is 0 Å². The maximum Gasteiger partial charge on any atom is 0.165 e. The number of Topliss-reactive ketones (excluding diaryl/α,β-unsaturated/α-hetero) is 1. The molecule has 2 nitrogen and oxygen atoms in total. The number of benzene rings is 1. The normalized spacial score (nSPS) is 24.8. The van der Waals surface area contributed by atoms with Crippen molar-refractivity contribution in [1.82, 2.24) is 0 Å². The zero-order chi connectivity index (χ0) is 11.7. The Kier molecular flexibility index (Phi) is 2.95. The number of ether oxygens (including phenoxy) is 1. The first-order chi connectivity index (χ1) is 7.63. The van der Waals surface area contributed by atoms with E-state index in [0.29, 0.717) is 6.42 Å². The molecule has 16 heavy (non-hydrogen) atoms. The Morgan fingerprint density at radius 3 is 2.69 bits per heavy atom. The maximum absolute atomic E-state index is 13.5. The number of rotatable bonds is 2. The van der Waals surface area contributed by atoms with Crippen LogP contribution in [0.5, 0.6) is 5.75 Å². The van der Waals surface area contributed by atoms with Crippen molar-refractivity contribution in [1.29, 1.82) is 0 Å². The molecule has 0 radical (unpaired) electrons. The van der Waals surface area contributed by atoms with Crippen molar-refractivity contribution in [2.45, 2.75) is 25.7 Å². The van der Waals surface area contributed by atoms with Crippen LogP contribution in [0.1, 0.15) is 31.2 Å². The van der Waals surface area contributed by atoms with Crippen molar-refractivity contribution in [3.05, 3.63) is 29.6 Å². The van der Waals surface area contributed by atoms with Crippen LogP contribution in [-0.4, -0.2) is 12.9 Å². The van der Waals surface area contributed by atoms with Crippen LogP contribution in [0.2, 0.25) is 0 Å². The van der Waals surface area contributed by atoms with Crippen LogP contribution in [0, 0.1) is 11.7 Å². The van der Waals surface area contributed by atoms with E-state index in [-0.39, 0.29) is 29.2 Å². The summed E-state index contributed by atoms with van der Waals surface area (Å²) in [6, 6.07) is 4.96. The molecule has 1 aromatic carbocycles. The first-order valence-electron chi connectivity index (χ1n) is 5.49. The SMILES string of the molecule is COc1ccc(C2CCC(=O)C2C)cc1F. The van der Waals surface area contributed by atoms with E-state index in [0.717, 1.165) is 12.0 Å². The zero-order valence-electron chi connectivity index (χ0n) is 9.50. The summed E-state index contributed by atoms with van der Waals surface area (Å²) in [4.78, 5) is 11.4. The van der Waals surface area contributed by atoms with Gasteiger partial charge in [0.15, 0.2) is 11.6 Å².